The van der Waals surface area contributed by atoms with Crippen molar-refractivity contribution < 1.29 is 14.1 Å². The number of amides is 2. The van der Waals surface area contributed by atoms with Crippen LogP contribution in [0.5, 0.6) is 0 Å². The lowest BCUT2D eigenvalue weighted by molar-refractivity contribution is -0.129. The zero-order valence-electron chi connectivity index (χ0n) is 14.5. The molecule has 0 atom stereocenters. The SMILES string of the molecule is CC(=O)N1CCC(c2noc(C3CN(C(=O)c4ncccn4)C3)n2)CC1. The van der Waals surface area contributed by atoms with Crippen molar-refractivity contribution in [1.82, 2.24) is 29.9 Å². The van der Waals surface area contributed by atoms with E-state index in [0.717, 1.165) is 25.9 Å². The van der Waals surface area contributed by atoms with Crippen molar-refractivity contribution in [3.8, 4) is 0 Å². The van der Waals surface area contributed by atoms with Crippen LogP contribution in [0, 0.1) is 0 Å². The minimum Gasteiger partial charge on any atom is -0.343 e. The highest BCUT2D eigenvalue weighted by molar-refractivity contribution is 5.91. The third-order valence-corrected chi connectivity index (χ3v) is 5.04. The molecule has 136 valence electrons. The Morgan fingerprint density at radius 2 is 1.77 bits per heavy atom. The number of aromatic nitrogens is 4. The minimum atomic E-state index is -0.182. The lowest BCUT2D eigenvalue weighted by Crippen LogP contribution is -2.49. The van der Waals surface area contributed by atoms with Crippen molar-refractivity contribution in [2.75, 3.05) is 26.2 Å². The van der Waals surface area contributed by atoms with Gasteiger partial charge < -0.3 is 14.3 Å². The number of piperidine rings is 1. The van der Waals surface area contributed by atoms with Crippen molar-refractivity contribution in [3.63, 3.8) is 0 Å². The molecule has 2 aromatic heterocycles. The van der Waals surface area contributed by atoms with E-state index in [4.69, 9.17) is 4.52 Å². The third kappa shape index (κ3) is 3.16. The first-order valence-electron chi connectivity index (χ1n) is 8.77. The van der Waals surface area contributed by atoms with E-state index in [1.165, 1.54) is 0 Å². The van der Waals surface area contributed by atoms with Crippen LogP contribution in [0.2, 0.25) is 0 Å². The van der Waals surface area contributed by atoms with Gasteiger partial charge in [0.2, 0.25) is 17.6 Å². The average molecular weight is 356 g/mol. The highest BCUT2D eigenvalue weighted by Crippen LogP contribution is 2.30. The largest absolute Gasteiger partial charge is 0.343 e. The Morgan fingerprint density at radius 1 is 1.08 bits per heavy atom. The Labute approximate surface area is 150 Å². The second kappa shape index (κ2) is 6.81. The van der Waals surface area contributed by atoms with Crippen molar-refractivity contribution in [3.05, 3.63) is 36.0 Å². The second-order valence-corrected chi connectivity index (χ2v) is 6.75. The van der Waals surface area contributed by atoms with E-state index >= 15 is 0 Å². The van der Waals surface area contributed by atoms with Crippen LogP contribution in [0.15, 0.2) is 23.0 Å². The molecule has 0 aromatic carbocycles. The number of carbonyl (C=O) groups excluding carboxylic acids is 2. The van der Waals surface area contributed by atoms with Gasteiger partial charge in [-0.15, -0.1) is 0 Å². The molecular weight excluding hydrogens is 336 g/mol. The number of likely N-dealkylation sites (tertiary alicyclic amines) is 2. The first-order valence-corrected chi connectivity index (χ1v) is 8.77. The molecule has 2 fully saturated rings. The number of nitrogens with zero attached hydrogens (tertiary/aromatic N) is 6. The van der Waals surface area contributed by atoms with Crippen LogP contribution in [-0.2, 0) is 4.79 Å². The number of carbonyl (C=O) groups is 2. The van der Waals surface area contributed by atoms with Gasteiger partial charge in [-0.1, -0.05) is 5.16 Å². The molecule has 0 spiro atoms. The van der Waals surface area contributed by atoms with Gasteiger partial charge in [0.1, 0.15) is 0 Å². The molecule has 26 heavy (non-hydrogen) atoms. The van der Waals surface area contributed by atoms with Gasteiger partial charge in [-0.05, 0) is 18.9 Å². The lowest BCUT2D eigenvalue weighted by atomic mass is 9.96. The topological polar surface area (TPSA) is 105 Å². The van der Waals surface area contributed by atoms with Crippen LogP contribution >= 0.6 is 0 Å². The van der Waals surface area contributed by atoms with Gasteiger partial charge >= 0.3 is 0 Å². The predicted octanol–water partition coefficient (Wildman–Crippen LogP) is 0.825. The van der Waals surface area contributed by atoms with Crippen molar-refractivity contribution in [1.29, 1.82) is 0 Å². The molecule has 0 saturated carbocycles. The Kier molecular flexibility index (Phi) is 4.36. The zero-order valence-corrected chi connectivity index (χ0v) is 14.5. The molecule has 0 bridgehead atoms. The van der Waals surface area contributed by atoms with Crippen molar-refractivity contribution in [2.24, 2.45) is 0 Å². The molecule has 0 N–H and O–H groups in total. The maximum Gasteiger partial charge on any atom is 0.291 e. The number of hydrogen-bond acceptors (Lipinski definition) is 7. The molecule has 9 heteroatoms. The Morgan fingerprint density at radius 3 is 2.42 bits per heavy atom. The van der Waals surface area contributed by atoms with Crippen LogP contribution in [0.25, 0.3) is 0 Å². The predicted molar refractivity (Wildman–Crippen MR) is 89.2 cm³/mol. The van der Waals surface area contributed by atoms with E-state index in [2.05, 4.69) is 20.1 Å². The summed E-state index contributed by atoms with van der Waals surface area (Å²) in [4.78, 5) is 39.7. The summed E-state index contributed by atoms with van der Waals surface area (Å²) in [6.45, 7) is 4.11. The van der Waals surface area contributed by atoms with Gasteiger partial charge in [-0.25, -0.2) is 9.97 Å². The zero-order chi connectivity index (χ0) is 18.1. The van der Waals surface area contributed by atoms with E-state index in [-0.39, 0.29) is 29.5 Å². The fraction of sp³-hybridized carbons (Fsp3) is 0.529. The summed E-state index contributed by atoms with van der Waals surface area (Å²) in [5, 5.41) is 4.12. The lowest BCUT2D eigenvalue weighted by Gasteiger charge is -2.36. The standard InChI is InChI=1S/C17H20N6O3/c1-11(24)22-7-3-12(4-8-22)14-20-16(26-21-14)13-9-23(10-13)17(25)15-18-5-2-6-19-15/h2,5-6,12-13H,3-4,7-10H2,1H3. The maximum absolute atomic E-state index is 12.2. The molecule has 4 rings (SSSR count). The first kappa shape index (κ1) is 16.6. The number of hydrogen-bond donors (Lipinski definition) is 0. The van der Waals surface area contributed by atoms with Gasteiger partial charge in [0.05, 0.1) is 5.92 Å². The normalized spacial score (nSPS) is 18.7. The quantitative estimate of drug-likeness (QED) is 0.802. The van der Waals surface area contributed by atoms with Gasteiger partial charge in [0.15, 0.2) is 5.82 Å². The summed E-state index contributed by atoms with van der Waals surface area (Å²) in [7, 11) is 0. The summed E-state index contributed by atoms with van der Waals surface area (Å²) >= 11 is 0. The third-order valence-electron chi connectivity index (χ3n) is 5.04. The monoisotopic (exact) mass is 356 g/mol. The van der Waals surface area contributed by atoms with E-state index < -0.39 is 0 Å². The van der Waals surface area contributed by atoms with Crippen LogP contribution in [0.3, 0.4) is 0 Å². The Balaban J connectivity index is 1.33. The molecule has 4 heterocycles. The van der Waals surface area contributed by atoms with Gasteiger partial charge in [0, 0.05) is 51.4 Å². The van der Waals surface area contributed by atoms with E-state index in [1.807, 2.05) is 4.90 Å². The fourth-order valence-electron chi connectivity index (χ4n) is 3.38. The molecule has 2 aromatic rings. The van der Waals surface area contributed by atoms with Crippen molar-refractivity contribution >= 4 is 11.8 Å². The first-order chi connectivity index (χ1) is 12.6. The highest BCUT2D eigenvalue weighted by Gasteiger charge is 2.37. The molecule has 2 aliphatic heterocycles. The summed E-state index contributed by atoms with van der Waals surface area (Å²) in [5.41, 5.74) is 0. The summed E-state index contributed by atoms with van der Waals surface area (Å²) in [6, 6.07) is 1.68. The summed E-state index contributed by atoms with van der Waals surface area (Å²) in [6.07, 6.45) is 4.80. The second-order valence-electron chi connectivity index (χ2n) is 6.75. The molecule has 0 unspecified atom stereocenters. The molecule has 2 saturated heterocycles. The maximum atomic E-state index is 12.2. The average Bonchev–Trinajstić information content (AvgIpc) is 3.11. The molecular formula is C17H20N6O3. The van der Waals surface area contributed by atoms with Crippen molar-refractivity contribution in [2.45, 2.75) is 31.6 Å². The summed E-state index contributed by atoms with van der Waals surface area (Å²) < 4.78 is 5.42. The molecule has 0 radical (unpaired) electrons. The molecule has 2 aliphatic rings. The van der Waals surface area contributed by atoms with Crippen LogP contribution in [-0.4, -0.2) is 67.9 Å². The Hall–Kier alpha value is -2.84. The molecule has 9 nitrogen and oxygen atoms in total. The number of rotatable bonds is 3. The highest BCUT2D eigenvalue weighted by atomic mass is 16.5. The summed E-state index contributed by atoms with van der Waals surface area (Å²) in [5.74, 6) is 1.69. The van der Waals surface area contributed by atoms with Crippen LogP contribution < -0.4 is 0 Å². The Bertz CT molecular complexity index is 794. The van der Waals surface area contributed by atoms with Gasteiger partial charge in [0.25, 0.3) is 5.91 Å². The van der Waals surface area contributed by atoms with E-state index in [9.17, 15) is 9.59 Å². The van der Waals surface area contributed by atoms with E-state index in [0.29, 0.717) is 24.8 Å². The van der Waals surface area contributed by atoms with Gasteiger partial charge in [-0.3, -0.25) is 9.59 Å². The van der Waals surface area contributed by atoms with Gasteiger partial charge in [-0.2, -0.15) is 4.98 Å². The molecule has 0 aliphatic carbocycles. The van der Waals surface area contributed by atoms with E-state index in [1.54, 1.807) is 30.3 Å². The van der Waals surface area contributed by atoms with Crippen LogP contribution in [0.4, 0.5) is 0 Å². The fourth-order valence-corrected chi connectivity index (χ4v) is 3.38. The molecule has 2 amide bonds. The minimum absolute atomic E-state index is 0.0567. The smallest absolute Gasteiger partial charge is 0.291 e. The van der Waals surface area contributed by atoms with Crippen LogP contribution in [0.1, 0.15) is 53.9 Å².